The van der Waals surface area contributed by atoms with Gasteiger partial charge in [0.25, 0.3) is 5.91 Å². The molecule has 0 saturated heterocycles. The third-order valence-electron chi connectivity index (χ3n) is 3.72. The zero-order chi connectivity index (χ0) is 18.1. The Labute approximate surface area is 140 Å². The summed E-state index contributed by atoms with van der Waals surface area (Å²) in [5.74, 6) is -1.53. The van der Waals surface area contributed by atoms with Gasteiger partial charge in [-0.1, -0.05) is 6.07 Å². The molecule has 2 amide bonds. The third kappa shape index (κ3) is 3.84. The lowest BCUT2D eigenvalue weighted by molar-refractivity contribution is -0.155. The molecule has 2 rings (SSSR count). The minimum atomic E-state index is -0.934. The lowest BCUT2D eigenvalue weighted by Gasteiger charge is -2.25. The number of rotatable bonds is 5. The summed E-state index contributed by atoms with van der Waals surface area (Å²) in [6, 6.07) is 3.70. The molecule has 7 heteroatoms. The van der Waals surface area contributed by atoms with Crippen molar-refractivity contribution in [2.24, 2.45) is 5.73 Å². The van der Waals surface area contributed by atoms with Crippen LogP contribution in [0.2, 0.25) is 0 Å². The molecule has 24 heavy (non-hydrogen) atoms. The molecule has 130 valence electrons. The number of nitrogens with zero attached hydrogens (tertiary/aromatic N) is 1. The highest BCUT2D eigenvalue weighted by molar-refractivity contribution is 6.01. The predicted octanol–water partition coefficient (Wildman–Crippen LogP) is 1.32. The van der Waals surface area contributed by atoms with Crippen LogP contribution in [0.5, 0.6) is 5.75 Å². The average molecular weight is 334 g/mol. The number of carbonyl (C=O) groups excluding carboxylic acids is 3. The Morgan fingerprint density at radius 3 is 2.58 bits per heavy atom. The van der Waals surface area contributed by atoms with Crippen molar-refractivity contribution in [3.05, 3.63) is 29.3 Å². The zero-order valence-corrected chi connectivity index (χ0v) is 14.0. The summed E-state index contributed by atoms with van der Waals surface area (Å²) in [5.41, 5.74) is 5.61. The Kier molecular flexibility index (Phi) is 4.82. The number of phenolic OH excluding ortho intramolecular Hbond substituents is 1. The number of primary amides is 1. The maximum Gasteiger partial charge on any atom is 0.306 e. The number of aromatic hydroxyl groups is 1. The lowest BCUT2D eigenvalue weighted by atomic mass is 10.1. The van der Waals surface area contributed by atoms with Gasteiger partial charge < -0.3 is 20.5 Å². The van der Waals surface area contributed by atoms with Gasteiger partial charge in [0.15, 0.2) is 0 Å². The lowest BCUT2D eigenvalue weighted by Crippen LogP contribution is -2.45. The highest BCUT2D eigenvalue weighted by Gasteiger charge is 2.37. The van der Waals surface area contributed by atoms with Crippen LogP contribution in [0, 0.1) is 0 Å². The molecule has 1 aliphatic rings. The Morgan fingerprint density at radius 1 is 1.38 bits per heavy atom. The summed E-state index contributed by atoms with van der Waals surface area (Å²) in [5, 5.41) is 9.86. The smallest absolute Gasteiger partial charge is 0.306 e. The monoisotopic (exact) mass is 334 g/mol. The topological polar surface area (TPSA) is 110 Å². The number of phenols is 1. The summed E-state index contributed by atoms with van der Waals surface area (Å²) < 4.78 is 5.20. The number of carbonyl (C=O) groups is 3. The number of nitrogens with two attached hydrogens (primary N) is 1. The number of amides is 2. The number of hydrogen-bond donors (Lipinski definition) is 2. The van der Waals surface area contributed by atoms with Crippen molar-refractivity contribution >= 4 is 17.8 Å². The van der Waals surface area contributed by atoms with Crippen molar-refractivity contribution < 1.29 is 24.2 Å². The summed E-state index contributed by atoms with van der Waals surface area (Å²) in [6.07, 6.45) is 0.0434. The van der Waals surface area contributed by atoms with E-state index in [1.807, 2.05) is 0 Å². The highest BCUT2D eigenvalue weighted by atomic mass is 16.6. The molecule has 1 atom stereocenters. The van der Waals surface area contributed by atoms with Gasteiger partial charge in [0.2, 0.25) is 5.91 Å². The van der Waals surface area contributed by atoms with Gasteiger partial charge in [-0.2, -0.15) is 0 Å². The van der Waals surface area contributed by atoms with Crippen molar-refractivity contribution in [1.29, 1.82) is 0 Å². The van der Waals surface area contributed by atoms with E-state index >= 15 is 0 Å². The molecule has 0 aliphatic carbocycles. The summed E-state index contributed by atoms with van der Waals surface area (Å²) in [6.45, 7) is 5.34. The second-order valence-electron chi connectivity index (χ2n) is 6.78. The van der Waals surface area contributed by atoms with Crippen molar-refractivity contribution in [1.82, 2.24) is 4.90 Å². The van der Waals surface area contributed by atoms with E-state index in [1.165, 1.54) is 11.0 Å². The first-order chi connectivity index (χ1) is 11.1. The maximum absolute atomic E-state index is 12.5. The van der Waals surface area contributed by atoms with E-state index in [0.717, 1.165) is 0 Å². The van der Waals surface area contributed by atoms with Gasteiger partial charge in [-0.05, 0) is 39.3 Å². The Hall–Kier alpha value is -2.57. The number of ether oxygens (including phenoxy) is 1. The number of benzene rings is 1. The molecule has 1 unspecified atom stereocenters. The minimum Gasteiger partial charge on any atom is -0.508 e. The summed E-state index contributed by atoms with van der Waals surface area (Å²) in [7, 11) is 0. The van der Waals surface area contributed by atoms with Gasteiger partial charge in [0, 0.05) is 17.5 Å². The fraction of sp³-hybridized carbons (Fsp3) is 0.471. The highest BCUT2D eigenvalue weighted by Crippen LogP contribution is 2.32. The molecule has 1 aromatic carbocycles. The van der Waals surface area contributed by atoms with E-state index in [1.54, 1.807) is 32.9 Å². The molecular formula is C17H22N2O5. The van der Waals surface area contributed by atoms with Crippen molar-refractivity contribution in [3.63, 3.8) is 0 Å². The molecular weight excluding hydrogens is 312 g/mol. The molecule has 1 aliphatic heterocycles. The first-order valence-electron chi connectivity index (χ1n) is 7.73. The van der Waals surface area contributed by atoms with Crippen LogP contribution in [-0.2, 0) is 20.9 Å². The molecule has 0 spiro atoms. The first kappa shape index (κ1) is 17.8. The van der Waals surface area contributed by atoms with Gasteiger partial charge >= 0.3 is 5.97 Å². The van der Waals surface area contributed by atoms with Gasteiger partial charge in [-0.25, -0.2) is 0 Å². The van der Waals surface area contributed by atoms with E-state index in [-0.39, 0.29) is 31.0 Å². The first-order valence-corrected chi connectivity index (χ1v) is 7.73. The van der Waals surface area contributed by atoms with Gasteiger partial charge in [0.1, 0.15) is 17.4 Å². The molecule has 0 bridgehead atoms. The van der Waals surface area contributed by atoms with Gasteiger partial charge in [-0.3, -0.25) is 14.4 Å². The average Bonchev–Trinajstić information content (AvgIpc) is 2.76. The van der Waals surface area contributed by atoms with E-state index in [9.17, 15) is 19.5 Å². The second-order valence-corrected chi connectivity index (χ2v) is 6.78. The SMILES string of the molecule is CC(C)(C)OC(=O)CCC(C(N)=O)N1Cc2c(O)cccc2C1=O. The maximum atomic E-state index is 12.5. The molecule has 3 N–H and O–H groups in total. The van der Waals surface area contributed by atoms with Gasteiger partial charge in [-0.15, -0.1) is 0 Å². The van der Waals surface area contributed by atoms with Crippen molar-refractivity contribution in [2.45, 2.75) is 51.8 Å². The molecule has 7 nitrogen and oxygen atoms in total. The molecule has 1 heterocycles. The molecule has 0 fully saturated rings. The quantitative estimate of drug-likeness (QED) is 0.789. The summed E-state index contributed by atoms with van der Waals surface area (Å²) in [4.78, 5) is 37.4. The van der Waals surface area contributed by atoms with Crippen LogP contribution in [-0.4, -0.2) is 39.4 Å². The van der Waals surface area contributed by atoms with Crippen LogP contribution in [0.3, 0.4) is 0 Å². The van der Waals surface area contributed by atoms with Crippen LogP contribution in [0.1, 0.15) is 49.5 Å². The fourth-order valence-corrected chi connectivity index (χ4v) is 2.69. The Morgan fingerprint density at radius 2 is 2.04 bits per heavy atom. The van der Waals surface area contributed by atoms with Gasteiger partial charge in [0.05, 0.1) is 6.54 Å². The van der Waals surface area contributed by atoms with Crippen LogP contribution in [0.25, 0.3) is 0 Å². The number of esters is 1. The van der Waals surface area contributed by atoms with E-state index < -0.39 is 23.5 Å². The number of fused-ring (bicyclic) bond motifs is 1. The standard InChI is InChI=1S/C17H22N2O5/c1-17(2,3)24-14(21)8-7-12(15(18)22)19-9-11-10(16(19)23)5-4-6-13(11)20/h4-6,12,20H,7-9H2,1-3H3,(H2,18,22). The summed E-state index contributed by atoms with van der Waals surface area (Å²) >= 11 is 0. The van der Waals surface area contributed by atoms with E-state index in [4.69, 9.17) is 10.5 Å². The second kappa shape index (κ2) is 6.51. The van der Waals surface area contributed by atoms with Crippen LogP contribution >= 0.6 is 0 Å². The Balaban J connectivity index is 2.10. The third-order valence-corrected chi connectivity index (χ3v) is 3.72. The van der Waals surface area contributed by atoms with Crippen LogP contribution in [0.4, 0.5) is 0 Å². The minimum absolute atomic E-state index is 0.00119. The van der Waals surface area contributed by atoms with E-state index in [2.05, 4.69) is 0 Å². The fourth-order valence-electron chi connectivity index (χ4n) is 2.69. The molecule has 1 aromatic rings. The van der Waals surface area contributed by atoms with Crippen molar-refractivity contribution in [3.8, 4) is 5.75 Å². The van der Waals surface area contributed by atoms with Crippen LogP contribution < -0.4 is 5.73 Å². The molecule has 0 saturated carbocycles. The number of hydrogen-bond acceptors (Lipinski definition) is 5. The zero-order valence-electron chi connectivity index (χ0n) is 14.0. The molecule has 0 aromatic heterocycles. The Bertz CT molecular complexity index is 678. The normalized spacial score (nSPS) is 15.1. The van der Waals surface area contributed by atoms with Crippen LogP contribution in [0.15, 0.2) is 18.2 Å². The van der Waals surface area contributed by atoms with E-state index in [0.29, 0.717) is 11.1 Å². The predicted molar refractivity (Wildman–Crippen MR) is 86.0 cm³/mol. The van der Waals surface area contributed by atoms with Crippen molar-refractivity contribution in [2.75, 3.05) is 0 Å². The largest absolute Gasteiger partial charge is 0.508 e. The molecule has 0 radical (unpaired) electrons.